The van der Waals surface area contributed by atoms with Gasteiger partial charge in [0.15, 0.2) is 0 Å². The van der Waals surface area contributed by atoms with Crippen LogP contribution in [-0.2, 0) is 19.6 Å². The number of amides is 1. The maximum Gasteiger partial charge on any atom is 0.305 e. The van der Waals surface area contributed by atoms with Gasteiger partial charge in [0, 0.05) is 23.6 Å². The first-order valence-electron chi connectivity index (χ1n) is 9.05. The highest BCUT2D eigenvalue weighted by Crippen LogP contribution is 2.20. The molecule has 0 aliphatic heterocycles. The molecule has 0 spiro atoms. The molecular weight excluding hydrogens is 416 g/mol. The molecule has 0 radical (unpaired) electrons. The minimum atomic E-state index is -3.86. The third kappa shape index (κ3) is 7.40. The summed E-state index contributed by atoms with van der Waals surface area (Å²) in [6, 6.07) is 12.1. The Hall–Kier alpha value is -2.58. The summed E-state index contributed by atoms with van der Waals surface area (Å²) in [7, 11) is -2.51. The van der Waals surface area contributed by atoms with Crippen LogP contribution >= 0.6 is 11.6 Å². The molecule has 156 valence electrons. The van der Waals surface area contributed by atoms with Crippen LogP contribution in [0.1, 0.15) is 36.0 Å². The van der Waals surface area contributed by atoms with Gasteiger partial charge < -0.3 is 10.1 Å². The molecule has 0 unspecified atom stereocenters. The number of carbonyl (C=O) groups is 2. The van der Waals surface area contributed by atoms with E-state index < -0.39 is 10.0 Å². The number of carbonyl (C=O) groups excluding carboxylic acids is 2. The highest BCUT2D eigenvalue weighted by atomic mass is 35.5. The molecule has 0 bridgehead atoms. The van der Waals surface area contributed by atoms with Crippen LogP contribution in [-0.4, -0.2) is 33.9 Å². The van der Waals surface area contributed by atoms with Gasteiger partial charge >= 0.3 is 5.97 Å². The minimum absolute atomic E-state index is 0.0248. The highest BCUT2D eigenvalue weighted by molar-refractivity contribution is 7.92. The average molecular weight is 439 g/mol. The zero-order valence-corrected chi connectivity index (χ0v) is 17.6. The number of rotatable bonds is 10. The van der Waals surface area contributed by atoms with Crippen molar-refractivity contribution in [3.63, 3.8) is 0 Å². The van der Waals surface area contributed by atoms with E-state index in [1.807, 2.05) is 0 Å². The Morgan fingerprint density at radius 2 is 1.79 bits per heavy atom. The molecule has 2 rings (SSSR count). The molecule has 0 atom stereocenters. The Balaban J connectivity index is 1.92. The Labute approximate surface area is 175 Å². The summed E-state index contributed by atoms with van der Waals surface area (Å²) in [5.41, 5.74) is 0.577. The fourth-order valence-corrected chi connectivity index (χ4v) is 3.83. The number of esters is 1. The molecule has 2 aromatic rings. The predicted octanol–water partition coefficient (Wildman–Crippen LogP) is 3.60. The summed E-state index contributed by atoms with van der Waals surface area (Å²) in [5, 5.41) is 3.16. The molecule has 29 heavy (non-hydrogen) atoms. The largest absolute Gasteiger partial charge is 0.469 e. The van der Waals surface area contributed by atoms with Crippen LogP contribution in [0.25, 0.3) is 0 Å². The van der Waals surface area contributed by atoms with E-state index in [-0.39, 0.29) is 22.3 Å². The average Bonchev–Trinajstić information content (AvgIpc) is 2.70. The van der Waals surface area contributed by atoms with Crippen LogP contribution in [0.5, 0.6) is 0 Å². The molecule has 2 aromatic carbocycles. The van der Waals surface area contributed by atoms with E-state index in [0.717, 1.165) is 6.42 Å². The Bertz CT molecular complexity index is 963. The Kier molecular flexibility index (Phi) is 8.48. The topological polar surface area (TPSA) is 102 Å². The fraction of sp³-hybridized carbons (Fsp3) is 0.300. The number of anilines is 1. The van der Waals surface area contributed by atoms with Crippen molar-refractivity contribution in [2.24, 2.45) is 0 Å². The molecule has 0 saturated carbocycles. The summed E-state index contributed by atoms with van der Waals surface area (Å²) in [6.45, 7) is 0.428. The number of hydrogen-bond donors (Lipinski definition) is 2. The van der Waals surface area contributed by atoms with Crippen LogP contribution in [0.2, 0.25) is 5.02 Å². The van der Waals surface area contributed by atoms with E-state index in [2.05, 4.69) is 14.8 Å². The van der Waals surface area contributed by atoms with Crippen molar-refractivity contribution in [3.05, 3.63) is 59.1 Å². The maximum absolute atomic E-state index is 12.6. The molecule has 0 aliphatic carbocycles. The Morgan fingerprint density at radius 3 is 2.52 bits per heavy atom. The summed E-state index contributed by atoms with van der Waals surface area (Å²) in [4.78, 5) is 23.3. The molecular formula is C20H23ClN2O5S. The van der Waals surface area contributed by atoms with Crippen LogP contribution in [0.3, 0.4) is 0 Å². The van der Waals surface area contributed by atoms with Crippen LogP contribution < -0.4 is 10.0 Å². The molecule has 7 nitrogen and oxygen atoms in total. The molecule has 0 aromatic heterocycles. The van der Waals surface area contributed by atoms with Crippen molar-refractivity contribution < 1.29 is 22.7 Å². The second kappa shape index (κ2) is 10.8. The molecule has 0 saturated heterocycles. The van der Waals surface area contributed by atoms with E-state index in [4.69, 9.17) is 11.6 Å². The summed E-state index contributed by atoms with van der Waals surface area (Å²) in [5.74, 6) is -0.615. The number of nitrogens with one attached hydrogen (secondary N) is 2. The first kappa shape index (κ1) is 22.7. The number of methoxy groups -OCH3 is 1. The molecule has 0 heterocycles. The number of sulfonamides is 1. The van der Waals surface area contributed by atoms with Crippen molar-refractivity contribution >= 4 is 39.2 Å². The van der Waals surface area contributed by atoms with E-state index >= 15 is 0 Å². The van der Waals surface area contributed by atoms with Crippen LogP contribution in [0.4, 0.5) is 5.69 Å². The van der Waals surface area contributed by atoms with Gasteiger partial charge in [-0.25, -0.2) is 8.42 Å². The molecule has 0 aliphatic rings. The molecule has 1 amide bonds. The number of hydrogen-bond acceptors (Lipinski definition) is 5. The number of ether oxygens (including phenoxy) is 1. The monoisotopic (exact) mass is 438 g/mol. The van der Waals surface area contributed by atoms with Crippen molar-refractivity contribution in [2.45, 2.75) is 30.6 Å². The van der Waals surface area contributed by atoms with E-state index in [9.17, 15) is 18.0 Å². The van der Waals surface area contributed by atoms with Crippen LogP contribution in [0, 0.1) is 0 Å². The smallest absolute Gasteiger partial charge is 0.305 e. The molecule has 9 heteroatoms. The van der Waals surface area contributed by atoms with Gasteiger partial charge in [0.2, 0.25) is 0 Å². The third-order valence-corrected chi connectivity index (χ3v) is 5.67. The van der Waals surface area contributed by atoms with Crippen molar-refractivity contribution in [1.29, 1.82) is 0 Å². The lowest BCUT2D eigenvalue weighted by molar-refractivity contribution is -0.140. The summed E-state index contributed by atoms with van der Waals surface area (Å²) in [6.07, 6.45) is 2.51. The quantitative estimate of drug-likeness (QED) is 0.436. The van der Waals surface area contributed by atoms with E-state index in [1.54, 1.807) is 24.3 Å². The van der Waals surface area contributed by atoms with Crippen molar-refractivity contribution in [1.82, 2.24) is 5.32 Å². The van der Waals surface area contributed by atoms with Crippen molar-refractivity contribution in [3.8, 4) is 0 Å². The standard InChI is InChI=1S/C20H23ClN2O5S/c1-28-19(24)11-3-2-4-12-22-20(25)15-7-5-10-18(13-15)29(26,27)23-17-9-6-8-16(21)14-17/h5-10,13-14,23H,2-4,11-12H2,1H3,(H,22,25). The SMILES string of the molecule is COC(=O)CCCCCNC(=O)c1cccc(S(=O)(=O)Nc2cccc(Cl)c2)c1. The van der Waals surface area contributed by atoms with Crippen molar-refractivity contribution in [2.75, 3.05) is 18.4 Å². The van der Waals surface area contributed by atoms with Gasteiger partial charge in [0.25, 0.3) is 15.9 Å². The fourth-order valence-electron chi connectivity index (χ4n) is 2.55. The Morgan fingerprint density at radius 1 is 1.03 bits per heavy atom. The lowest BCUT2D eigenvalue weighted by atomic mass is 10.2. The molecule has 2 N–H and O–H groups in total. The van der Waals surface area contributed by atoms with Gasteiger partial charge in [0.05, 0.1) is 17.7 Å². The lowest BCUT2D eigenvalue weighted by Crippen LogP contribution is -2.25. The number of benzene rings is 2. The van der Waals surface area contributed by atoms with E-state index in [0.29, 0.717) is 36.5 Å². The first-order valence-corrected chi connectivity index (χ1v) is 10.9. The zero-order valence-electron chi connectivity index (χ0n) is 16.0. The van der Waals surface area contributed by atoms with Gasteiger partial charge in [-0.1, -0.05) is 30.2 Å². The highest BCUT2D eigenvalue weighted by Gasteiger charge is 2.16. The van der Waals surface area contributed by atoms with Gasteiger partial charge in [-0.15, -0.1) is 0 Å². The second-order valence-electron chi connectivity index (χ2n) is 6.29. The number of unbranched alkanes of at least 4 members (excludes halogenated alkanes) is 2. The minimum Gasteiger partial charge on any atom is -0.469 e. The second-order valence-corrected chi connectivity index (χ2v) is 8.41. The van der Waals surface area contributed by atoms with E-state index in [1.165, 1.54) is 31.4 Å². The maximum atomic E-state index is 12.6. The third-order valence-electron chi connectivity index (χ3n) is 4.05. The van der Waals surface area contributed by atoms with Gasteiger partial charge in [-0.3, -0.25) is 14.3 Å². The van der Waals surface area contributed by atoms with Gasteiger partial charge in [-0.2, -0.15) is 0 Å². The normalized spacial score (nSPS) is 11.0. The predicted molar refractivity (Wildman–Crippen MR) is 112 cm³/mol. The number of halogens is 1. The summed E-state index contributed by atoms with van der Waals surface area (Å²) < 4.78 is 32.2. The van der Waals surface area contributed by atoms with Gasteiger partial charge in [0.1, 0.15) is 0 Å². The van der Waals surface area contributed by atoms with Crippen LogP contribution in [0.15, 0.2) is 53.4 Å². The summed E-state index contributed by atoms with van der Waals surface area (Å²) >= 11 is 5.88. The van der Waals surface area contributed by atoms with Gasteiger partial charge in [-0.05, 0) is 49.2 Å². The zero-order chi connectivity index (χ0) is 21.3. The molecule has 0 fully saturated rings. The first-order chi connectivity index (χ1) is 13.8. The lowest BCUT2D eigenvalue weighted by Gasteiger charge is -2.10.